The molecule has 1 N–H and O–H groups in total. The molecule has 0 amide bonds. The lowest BCUT2D eigenvalue weighted by molar-refractivity contribution is 0.131. The molecule has 0 spiro atoms. The number of ether oxygens (including phenoxy) is 1. The number of hydrogen-bond donors (Lipinski definition) is 1. The second-order valence-electron chi connectivity index (χ2n) is 3.78. The summed E-state index contributed by atoms with van der Waals surface area (Å²) >= 11 is 0. The van der Waals surface area contributed by atoms with E-state index < -0.39 is 0 Å². The van der Waals surface area contributed by atoms with Crippen molar-refractivity contribution in [2.75, 3.05) is 26.3 Å². The van der Waals surface area contributed by atoms with E-state index in [0.29, 0.717) is 0 Å². The zero-order valence-corrected chi connectivity index (χ0v) is 9.98. The van der Waals surface area contributed by atoms with E-state index in [1.807, 2.05) is 0 Å². The maximum atomic E-state index is 5.50. The predicted octanol–water partition coefficient (Wildman–Crippen LogP) is 2.97. The second-order valence-corrected chi connectivity index (χ2v) is 3.78. The first-order valence-corrected chi connectivity index (χ1v) is 6.20. The molecule has 0 saturated carbocycles. The van der Waals surface area contributed by atoms with Crippen LogP contribution in [0.5, 0.6) is 0 Å². The average molecular weight is 201 g/mol. The van der Waals surface area contributed by atoms with Gasteiger partial charge in [0, 0.05) is 13.2 Å². The highest BCUT2D eigenvalue weighted by Crippen LogP contribution is 2.01. The van der Waals surface area contributed by atoms with Gasteiger partial charge in [-0.1, -0.05) is 39.5 Å². The fraction of sp³-hybridized carbons (Fsp3) is 1.00. The van der Waals surface area contributed by atoms with Crippen molar-refractivity contribution in [3.05, 3.63) is 0 Å². The fourth-order valence-corrected chi connectivity index (χ4v) is 1.36. The summed E-state index contributed by atoms with van der Waals surface area (Å²) in [5, 5.41) is 3.32. The van der Waals surface area contributed by atoms with Crippen molar-refractivity contribution in [1.82, 2.24) is 5.32 Å². The van der Waals surface area contributed by atoms with Crippen molar-refractivity contribution in [2.45, 2.75) is 52.4 Å². The van der Waals surface area contributed by atoms with Gasteiger partial charge in [0.05, 0.1) is 6.61 Å². The number of nitrogens with one attached hydrogen (secondary N) is 1. The molecule has 0 rings (SSSR count). The molecular weight excluding hydrogens is 174 g/mol. The molecule has 2 heteroatoms. The van der Waals surface area contributed by atoms with Crippen molar-refractivity contribution >= 4 is 0 Å². The summed E-state index contributed by atoms with van der Waals surface area (Å²) in [7, 11) is 0. The van der Waals surface area contributed by atoms with Crippen LogP contribution < -0.4 is 5.32 Å². The minimum absolute atomic E-state index is 0.869. The Morgan fingerprint density at radius 1 is 0.786 bits per heavy atom. The molecule has 0 aliphatic rings. The van der Waals surface area contributed by atoms with E-state index >= 15 is 0 Å². The van der Waals surface area contributed by atoms with Crippen LogP contribution in [0.1, 0.15) is 52.4 Å². The van der Waals surface area contributed by atoms with Crippen molar-refractivity contribution < 1.29 is 4.74 Å². The Morgan fingerprint density at radius 3 is 2.29 bits per heavy atom. The van der Waals surface area contributed by atoms with Gasteiger partial charge in [0.25, 0.3) is 0 Å². The van der Waals surface area contributed by atoms with E-state index in [2.05, 4.69) is 19.2 Å². The molecule has 0 fully saturated rings. The standard InChI is InChI=1S/C12H27NO/c1-3-5-6-7-8-11-14-12-10-13-9-4-2/h13H,3-12H2,1-2H3. The Bertz CT molecular complexity index is 84.3. The summed E-state index contributed by atoms with van der Waals surface area (Å²) in [4.78, 5) is 0. The first-order chi connectivity index (χ1) is 6.91. The van der Waals surface area contributed by atoms with Crippen LogP contribution in [0.15, 0.2) is 0 Å². The van der Waals surface area contributed by atoms with Gasteiger partial charge in [-0.2, -0.15) is 0 Å². The molecule has 0 aromatic carbocycles. The molecule has 0 unspecified atom stereocenters. The number of hydrogen-bond acceptors (Lipinski definition) is 2. The van der Waals surface area contributed by atoms with E-state index in [1.54, 1.807) is 0 Å². The maximum Gasteiger partial charge on any atom is 0.0590 e. The largest absolute Gasteiger partial charge is 0.380 e. The molecule has 14 heavy (non-hydrogen) atoms. The summed E-state index contributed by atoms with van der Waals surface area (Å²) in [5.74, 6) is 0. The van der Waals surface area contributed by atoms with Crippen LogP contribution in [-0.4, -0.2) is 26.3 Å². The highest BCUT2D eigenvalue weighted by atomic mass is 16.5. The van der Waals surface area contributed by atoms with Gasteiger partial charge in [-0.3, -0.25) is 0 Å². The Balaban J connectivity index is 2.78. The van der Waals surface area contributed by atoms with E-state index in [4.69, 9.17) is 4.74 Å². The monoisotopic (exact) mass is 201 g/mol. The lowest BCUT2D eigenvalue weighted by Gasteiger charge is -2.04. The van der Waals surface area contributed by atoms with E-state index in [0.717, 1.165) is 26.3 Å². The summed E-state index contributed by atoms with van der Waals surface area (Å²) in [6, 6.07) is 0. The lowest BCUT2D eigenvalue weighted by atomic mass is 10.2. The van der Waals surface area contributed by atoms with Crippen LogP contribution in [0.3, 0.4) is 0 Å². The summed E-state index contributed by atoms with van der Waals surface area (Å²) < 4.78 is 5.50. The molecule has 0 aliphatic carbocycles. The first-order valence-electron chi connectivity index (χ1n) is 6.20. The normalized spacial score (nSPS) is 10.7. The van der Waals surface area contributed by atoms with Gasteiger partial charge in [0.15, 0.2) is 0 Å². The van der Waals surface area contributed by atoms with Crippen LogP contribution in [0.4, 0.5) is 0 Å². The predicted molar refractivity (Wildman–Crippen MR) is 62.7 cm³/mol. The summed E-state index contributed by atoms with van der Waals surface area (Å²) in [6.07, 6.45) is 7.83. The molecule has 86 valence electrons. The van der Waals surface area contributed by atoms with Gasteiger partial charge in [-0.05, 0) is 19.4 Å². The smallest absolute Gasteiger partial charge is 0.0590 e. The summed E-state index contributed by atoms with van der Waals surface area (Å²) in [6.45, 7) is 8.35. The van der Waals surface area contributed by atoms with E-state index in [1.165, 1.54) is 38.5 Å². The van der Waals surface area contributed by atoms with Crippen molar-refractivity contribution in [3.63, 3.8) is 0 Å². The molecule has 0 bridgehead atoms. The first kappa shape index (κ1) is 13.9. The maximum absolute atomic E-state index is 5.50. The third kappa shape index (κ3) is 11.9. The molecule has 0 radical (unpaired) electrons. The quantitative estimate of drug-likeness (QED) is 0.519. The van der Waals surface area contributed by atoms with E-state index in [-0.39, 0.29) is 0 Å². The van der Waals surface area contributed by atoms with Gasteiger partial charge in [-0.15, -0.1) is 0 Å². The average Bonchev–Trinajstić information content (AvgIpc) is 2.21. The SMILES string of the molecule is CCCCCCCOCCNCCC. The molecular formula is C12H27NO. The summed E-state index contributed by atoms with van der Waals surface area (Å²) in [5.41, 5.74) is 0. The zero-order valence-electron chi connectivity index (χ0n) is 9.98. The minimum Gasteiger partial charge on any atom is -0.380 e. The third-order valence-corrected chi connectivity index (χ3v) is 2.24. The third-order valence-electron chi connectivity index (χ3n) is 2.24. The topological polar surface area (TPSA) is 21.3 Å². The van der Waals surface area contributed by atoms with Crippen molar-refractivity contribution in [1.29, 1.82) is 0 Å². The van der Waals surface area contributed by atoms with Crippen LogP contribution in [0, 0.1) is 0 Å². The van der Waals surface area contributed by atoms with Crippen LogP contribution in [0.25, 0.3) is 0 Å². The highest BCUT2D eigenvalue weighted by Gasteiger charge is 1.90. The highest BCUT2D eigenvalue weighted by molar-refractivity contribution is 4.45. The van der Waals surface area contributed by atoms with Gasteiger partial charge in [0.2, 0.25) is 0 Å². The van der Waals surface area contributed by atoms with E-state index in [9.17, 15) is 0 Å². The Kier molecular flexibility index (Phi) is 12.8. The molecule has 0 atom stereocenters. The van der Waals surface area contributed by atoms with Gasteiger partial charge < -0.3 is 10.1 Å². The van der Waals surface area contributed by atoms with Crippen LogP contribution >= 0.6 is 0 Å². The Morgan fingerprint density at radius 2 is 1.57 bits per heavy atom. The molecule has 0 aromatic heterocycles. The molecule has 0 aliphatic heterocycles. The van der Waals surface area contributed by atoms with Gasteiger partial charge in [-0.25, -0.2) is 0 Å². The van der Waals surface area contributed by atoms with Gasteiger partial charge >= 0.3 is 0 Å². The second kappa shape index (κ2) is 12.9. The Labute approximate surface area is 89.4 Å². The van der Waals surface area contributed by atoms with Crippen molar-refractivity contribution in [2.24, 2.45) is 0 Å². The lowest BCUT2D eigenvalue weighted by Crippen LogP contribution is -2.20. The molecule has 0 aromatic rings. The minimum atomic E-state index is 0.869. The van der Waals surface area contributed by atoms with Crippen LogP contribution in [-0.2, 0) is 4.74 Å². The number of rotatable bonds is 11. The number of unbranched alkanes of at least 4 members (excludes halogenated alkanes) is 4. The molecule has 0 heterocycles. The zero-order chi connectivity index (χ0) is 10.5. The van der Waals surface area contributed by atoms with Gasteiger partial charge in [0.1, 0.15) is 0 Å². The Hall–Kier alpha value is -0.0800. The van der Waals surface area contributed by atoms with Crippen LogP contribution in [0.2, 0.25) is 0 Å². The van der Waals surface area contributed by atoms with Crippen molar-refractivity contribution in [3.8, 4) is 0 Å². The molecule has 2 nitrogen and oxygen atoms in total. The fourth-order valence-electron chi connectivity index (χ4n) is 1.36. The molecule has 0 saturated heterocycles.